The minimum atomic E-state index is -4.53. The van der Waals surface area contributed by atoms with E-state index < -0.39 is 23.8 Å². The van der Waals surface area contributed by atoms with E-state index in [9.17, 15) is 18.0 Å². The van der Waals surface area contributed by atoms with Crippen LogP contribution >= 0.6 is 12.2 Å². The molecule has 7 nitrogen and oxygen atoms in total. The Bertz CT molecular complexity index is 1620. The third kappa shape index (κ3) is 5.24. The number of methoxy groups -OCH3 is 1. The number of nitrogens with one attached hydrogen (secondary N) is 2. The number of hydrogen-bond donors (Lipinski definition) is 2. The van der Waals surface area contributed by atoms with Gasteiger partial charge in [0.05, 0.1) is 41.8 Å². The summed E-state index contributed by atoms with van der Waals surface area (Å²) >= 11 is 5.83. The van der Waals surface area contributed by atoms with E-state index in [2.05, 4.69) is 15.6 Å². The molecule has 2 N–H and O–H groups in total. The van der Waals surface area contributed by atoms with Gasteiger partial charge in [0.1, 0.15) is 5.75 Å². The van der Waals surface area contributed by atoms with Gasteiger partial charge in [-0.25, -0.2) is 0 Å². The van der Waals surface area contributed by atoms with Crippen molar-refractivity contribution in [3.05, 3.63) is 101 Å². The van der Waals surface area contributed by atoms with Crippen LogP contribution in [0, 0.1) is 13.8 Å². The van der Waals surface area contributed by atoms with E-state index in [4.69, 9.17) is 17.0 Å². The number of pyridine rings is 1. The average Bonchev–Trinajstić information content (AvgIpc) is 3.43. The molecule has 0 bridgehead atoms. The normalized spacial score (nSPS) is 17.0. The summed E-state index contributed by atoms with van der Waals surface area (Å²) in [6, 6.07) is 17.4. The monoisotopic (exact) mass is 579 g/mol. The number of carbonyl (C=O) groups excluding carboxylic acids is 1. The molecule has 2 atom stereocenters. The van der Waals surface area contributed by atoms with Crippen LogP contribution in [-0.2, 0) is 11.0 Å². The average molecular weight is 580 g/mol. The van der Waals surface area contributed by atoms with Gasteiger partial charge in [0.2, 0.25) is 5.91 Å². The number of thiocarbonyl (C=S) groups is 1. The first kappa shape index (κ1) is 28.2. The van der Waals surface area contributed by atoms with E-state index in [1.54, 1.807) is 42.8 Å². The highest BCUT2D eigenvalue weighted by Crippen LogP contribution is 2.45. The number of anilines is 2. The molecule has 2 aromatic carbocycles. The van der Waals surface area contributed by atoms with E-state index >= 15 is 0 Å². The predicted molar refractivity (Wildman–Crippen MR) is 155 cm³/mol. The van der Waals surface area contributed by atoms with Crippen molar-refractivity contribution < 1.29 is 22.7 Å². The number of ether oxygens (including phenoxy) is 1. The molecule has 3 heterocycles. The number of nitrogens with zero attached hydrogens (tertiary/aromatic N) is 3. The van der Waals surface area contributed by atoms with Gasteiger partial charge in [0.25, 0.3) is 0 Å². The van der Waals surface area contributed by atoms with Crippen molar-refractivity contribution >= 4 is 34.6 Å². The summed E-state index contributed by atoms with van der Waals surface area (Å²) in [6.45, 7) is 5.00. The molecule has 5 rings (SSSR count). The summed E-state index contributed by atoms with van der Waals surface area (Å²) < 4.78 is 49.1. The van der Waals surface area contributed by atoms with E-state index in [0.29, 0.717) is 33.6 Å². The summed E-state index contributed by atoms with van der Waals surface area (Å²) in [5.41, 5.74) is 3.23. The van der Waals surface area contributed by atoms with E-state index in [0.717, 1.165) is 17.3 Å². The Hall–Kier alpha value is -4.38. The van der Waals surface area contributed by atoms with Crippen LogP contribution in [0.15, 0.2) is 72.9 Å². The fourth-order valence-electron chi connectivity index (χ4n) is 5.45. The van der Waals surface area contributed by atoms with Crippen molar-refractivity contribution in [2.75, 3.05) is 17.3 Å². The van der Waals surface area contributed by atoms with Gasteiger partial charge >= 0.3 is 6.18 Å². The molecule has 0 spiro atoms. The number of rotatable bonds is 6. The second-order valence-electron chi connectivity index (χ2n) is 9.74. The molecule has 0 saturated carbocycles. The Morgan fingerprint density at radius 3 is 2.46 bits per heavy atom. The Kier molecular flexibility index (Phi) is 7.48. The topological polar surface area (TPSA) is 71.4 Å². The first-order valence-electron chi connectivity index (χ1n) is 12.8. The number of para-hydroxylation sites is 1. The SMILES string of the molecule is COc1ccc(N2C(=S)NC(c3ccccn3)C2c2cc(C)n(-c3ccccc3C(F)(F)F)c2C)cc1NC(C)=O. The van der Waals surface area contributed by atoms with Crippen LogP contribution in [0.2, 0.25) is 0 Å². The highest BCUT2D eigenvalue weighted by atomic mass is 32.1. The number of aryl methyl sites for hydroxylation is 1. The number of halogens is 3. The summed E-state index contributed by atoms with van der Waals surface area (Å²) in [5.74, 6) is 0.208. The summed E-state index contributed by atoms with van der Waals surface area (Å²) in [4.78, 5) is 18.4. The number of hydrogen-bond acceptors (Lipinski definition) is 4. The third-order valence-electron chi connectivity index (χ3n) is 7.11. The molecule has 4 aromatic rings. The number of benzene rings is 2. The fraction of sp³-hybridized carbons (Fsp3) is 0.233. The zero-order valence-corrected chi connectivity index (χ0v) is 23.6. The lowest BCUT2D eigenvalue weighted by molar-refractivity contribution is -0.137. The first-order valence-corrected chi connectivity index (χ1v) is 13.2. The molecule has 11 heteroatoms. The molecule has 2 aromatic heterocycles. The van der Waals surface area contributed by atoms with Crippen LogP contribution < -0.4 is 20.3 Å². The lowest BCUT2D eigenvalue weighted by Gasteiger charge is -2.29. The Morgan fingerprint density at radius 2 is 1.80 bits per heavy atom. The minimum absolute atomic E-state index is 0.0492. The van der Waals surface area contributed by atoms with Crippen LogP contribution in [0.3, 0.4) is 0 Å². The predicted octanol–water partition coefficient (Wildman–Crippen LogP) is 6.65. The molecule has 1 fully saturated rings. The summed E-state index contributed by atoms with van der Waals surface area (Å²) in [6.07, 6.45) is -2.84. The summed E-state index contributed by atoms with van der Waals surface area (Å²) in [7, 11) is 1.51. The zero-order chi connectivity index (χ0) is 29.5. The van der Waals surface area contributed by atoms with Crippen LogP contribution in [0.25, 0.3) is 5.69 Å². The molecule has 212 valence electrons. The van der Waals surface area contributed by atoms with Crippen molar-refractivity contribution in [2.45, 2.75) is 39.0 Å². The third-order valence-corrected chi connectivity index (χ3v) is 7.42. The Morgan fingerprint density at radius 1 is 1.07 bits per heavy atom. The number of alkyl halides is 3. The van der Waals surface area contributed by atoms with Gasteiger partial charge in [-0.15, -0.1) is 0 Å². The molecule has 41 heavy (non-hydrogen) atoms. The molecule has 0 radical (unpaired) electrons. The molecule has 1 saturated heterocycles. The van der Waals surface area contributed by atoms with Crippen LogP contribution in [0.5, 0.6) is 5.75 Å². The van der Waals surface area contributed by atoms with Crippen molar-refractivity contribution in [1.82, 2.24) is 14.9 Å². The van der Waals surface area contributed by atoms with E-state index in [1.807, 2.05) is 35.2 Å². The van der Waals surface area contributed by atoms with Crippen molar-refractivity contribution in [1.29, 1.82) is 0 Å². The van der Waals surface area contributed by atoms with Gasteiger partial charge in [-0.2, -0.15) is 13.2 Å². The van der Waals surface area contributed by atoms with Crippen LogP contribution in [-0.4, -0.2) is 27.7 Å². The Labute approximate surface area is 241 Å². The van der Waals surface area contributed by atoms with Gasteiger partial charge in [-0.3, -0.25) is 9.78 Å². The standard InChI is InChI=1S/C30H28F3N5O2S/c1-17-15-21(18(2)37(17)25-11-6-5-9-22(25)30(31,32)33)28-27(23-10-7-8-14-34-23)36-29(41)38(28)20-12-13-26(40-4)24(16-20)35-19(3)39/h5-16,27-28H,1-4H3,(H,35,39)(H,36,41). The lowest BCUT2D eigenvalue weighted by Crippen LogP contribution is -2.29. The lowest BCUT2D eigenvalue weighted by atomic mass is 9.96. The smallest absolute Gasteiger partial charge is 0.418 e. The van der Waals surface area contributed by atoms with Gasteiger partial charge in [-0.1, -0.05) is 18.2 Å². The fourth-order valence-corrected chi connectivity index (χ4v) is 5.79. The molecule has 2 unspecified atom stereocenters. The quantitative estimate of drug-likeness (QED) is 0.249. The van der Waals surface area contributed by atoms with Gasteiger partial charge in [-0.05, 0) is 80.2 Å². The van der Waals surface area contributed by atoms with Crippen molar-refractivity contribution in [3.63, 3.8) is 0 Å². The van der Waals surface area contributed by atoms with Crippen molar-refractivity contribution in [2.24, 2.45) is 0 Å². The van der Waals surface area contributed by atoms with Gasteiger partial charge in [0.15, 0.2) is 5.11 Å². The number of amides is 1. The van der Waals surface area contributed by atoms with E-state index in [1.165, 1.54) is 26.2 Å². The van der Waals surface area contributed by atoms with Gasteiger partial charge in [0, 0.05) is 30.2 Å². The minimum Gasteiger partial charge on any atom is -0.495 e. The number of carbonyl (C=O) groups is 1. The maximum absolute atomic E-state index is 14.0. The van der Waals surface area contributed by atoms with Gasteiger partial charge < -0.3 is 24.8 Å². The maximum Gasteiger partial charge on any atom is 0.418 e. The van der Waals surface area contributed by atoms with Crippen LogP contribution in [0.1, 0.15) is 47.2 Å². The maximum atomic E-state index is 14.0. The Balaban J connectivity index is 1.70. The molecule has 1 aliphatic rings. The highest BCUT2D eigenvalue weighted by molar-refractivity contribution is 7.80. The molecular weight excluding hydrogens is 551 g/mol. The summed E-state index contributed by atoms with van der Waals surface area (Å²) in [5, 5.41) is 6.57. The molecular formula is C30H28F3N5O2S. The molecule has 0 aliphatic carbocycles. The molecule has 1 amide bonds. The second kappa shape index (κ2) is 10.9. The van der Waals surface area contributed by atoms with Crippen molar-refractivity contribution in [3.8, 4) is 11.4 Å². The first-order chi connectivity index (χ1) is 19.5. The highest BCUT2D eigenvalue weighted by Gasteiger charge is 2.43. The van der Waals surface area contributed by atoms with Crippen LogP contribution in [0.4, 0.5) is 24.5 Å². The largest absolute Gasteiger partial charge is 0.495 e. The molecule has 1 aliphatic heterocycles. The second-order valence-corrected chi connectivity index (χ2v) is 10.1. The van der Waals surface area contributed by atoms with E-state index in [-0.39, 0.29) is 11.6 Å². The number of aromatic nitrogens is 2. The zero-order valence-electron chi connectivity index (χ0n) is 22.8.